The molecule has 0 unspecified atom stereocenters. The molecular formula is C13H18ClN5O2. The topological polar surface area (TPSA) is 88.0 Å². The highest BCUT2D eigenvalue weighted by Gasteiger charge is 2.15. The number of carbonyl (C=O) groups is 1. The number of carbonyl (C=O) groups excluding carboxylic acids is 1. The van der Waals surface area contributed by atoms with Gasteiger partial charge in [-0.2, -0.15) is 10.2 Å². The summed E-state index contributed by atoms with van der Waals surface area (Å²) in [5, 5.41) is 8.87. The molecule has 0 spiro atoms. The van der Waals surface area contributed by atoms with Gasteiger partial charge in [-0.3, -0.25) is 14.2 Å². The minimum absolute atomic E-state index is 0.0122. The summed E-state index contributed by atoms with van der Waals surface area (Å²) in [5.41, 5.74) is 9.23. The van der Waals surface area contributed by atoms with E-state index in [1.54, 1.807) is 25.6 Å². The van der Waals surface area contributed by atoms with Crippen LogP contribution in [0.3, 0.4) is 0 Å². The Morgan fingerprint density at radius 1 is 1.29 bits per heavy atom. The molecule has 0 saturated carbocycles. The first-order valence-corrected chi connectivity index (χ1v) is 6.82. The normalized spacial score (nSPS) is 10.9. The molecule has 0 radical (unpaired) electrons. The molecular weight excluding hydrogens is 294 g/mol. The van der Waals surface area contributed by atoms with E-state index in [0.29, 0.717) is 27.8 Å². The second-order valence-electron chi connectivity index (χ2n) is 4.87. The van der Waals surface area contributed by atoms with Crippen LogP contribution < -0.4 is 5.73 Å². The Bertz CT molecular complexity index is 689. The summed E-state index contributed by atoms with van der Waals surface area (Å²) >= 11 is 6.10. The molecule has 0 saturated heterocycles. The summed E-state index contributed by atoms with van der Waals surface area (Å²) in [6.07, 6.45) is 0. The van der Waals surface area contributed by atoms with Gasteiger partial charge in [-0.05, 0) is 20.8 Å². The van der Waals surface area contributed by atoms with Gasteiger partial charge in [-0.15, -0.1) is 0 Å². The number of aromatic nitrogens is 4. The molecule has 2 aromatic heterocycles. The Morgan fingerprint density at radius 2 is 1.95 bits per heavy atom. The first-order valence-electron chi connectivity index (χ1n) is 6.44. The fourth-order valence-corrected chi connectivity index (χ4v) is 2.23. The van der Waals surface area contributed by atoms with Gasteiger partial charge in [0.15, 0.2) is 0 Å². The molecule has 21 heavy (non-hydrogen) atoms. The van der Waals surface area contributed by atoms with E-state index in [-0.39, 0.29) is 13.2 Å². The number of hydrogen-bond acceptors (Lipinski definition) is 5. The highest BCUT2D eigenvalue weighted by molar-refractivity contribution is 6.31. The van der Waals surface area contributed by atoms with Gasteiger partial charge in [0.1, 0.15) is 13.2 Å². The lowest BCUT2D eigenvalue weighted by Crippen LogP contribution is -2.16. The van der Waals surface area contributed by atoms with Crippen molar-refractivity contribution in [2.75, 3.05) is 5.73 Å². The van der Waals surface area contributed by atoms with E-state index in [1.807, 2.05) is 6.92 Å². The third-order valence-electron chi connectivity index (χ3n) is 3.35. The maximum absolute atomic E-state index is 11.9. The van der Waals surface area contributed by atoms with E-state index >= 15 is 0 Å². The van der Waals surface area contributed by atoms with Crippen molar-refractivity contribution in [3.05, 3.63) is 27.8 Å². The van der Waals surface area contributed by atoms with Crippen LogP contribution >= 0.6 is 11.6 Å². The zero-order chi connectivity index (χ0) is 15.7. The van der Waals surface area contributed by atoms with Gasteiger partial charge >= 0.3 is 5.97 Å². The Morgan fingerprint density at radius 3 is 2.43 bits per heavy atom. The van der Waals surface area contributed by atoms with Gasteiger partial charge in [-0.1, -0.05) is 11.6 Å². The van der Waals surface area contributed by atoms with Crippen molar-refractivity contribution in [1.29, 1.82) is 0 Å². The van der Waals surface area contributed by atoms with Gasteiger partial charge in [-0.25, -0.2) is 0 Å². The van der Waals surface area contributed by atoms with Crippen LogP contribution in [0.5, 0.6) is 0 Å². The predicted octanol–water partition coefficient (Wildman–Crippen LogP) is 1.52. The minimum atomic E-state index is -0.407. The van der Waals surface area contributed by atoms with Gasteiger partial charge in [0.05, 0.1) is 33.5 Å². The van der Waals surface area contributed by atoms with Crippen molar-refractivity contribution in [3.63, 3.8) is 0 Å². The molecule has 7 nitrogen and oxygen atoms in total. The standard InChI is InChI=1S/C13H18ClN5O2/c1-7-12(14)10(18(4)16-7)6-21-11(20)5-19-9(3)13(15)8(2)17-19/h5-6,15H2,1-4H3. The zero-order valence-electron chi connectivity index (χ0n) is 12.5. The number of esters is 1. The Balaban J connectivity index is 2.01. The molecule has 0 aliphatic carbocycles. The van der Waals surface area contributed by atoms with E-state index in [2.05, 4.69) is 10.2 Å². The smallest absolute Gasteiger partial charge is 0.328 e. The van der Waals surface area contributed by atoms with Crippen LogP contribution in [0.1, 0.15) is 22.8 Å². The maximum Gasteiger partial charge on any atom is 0.328 e. The number of nitrogens with two attached hydrogens (primary N) is 1. The van der Waals surface area contributed by atoms with Crippen LogP contribution in [0, 0.1) is 20.8 Å². The molecule has 114 valence electrons. The summed E-state index contributed by atoms with van der Waals surface area (Å²) < 4.78 is 8.36. The first-order chi connectivity index (χ1) is 9.81. The number of ether oxygens (including phenoxy) is 1. The van der Waals surface area contributed by atoms with Gasteiger partial charge in [0.25, 0.3) is 0 Å². The molecule has 0 aliphatic heterocycles. The molecule has 2 N–H and O–H groups in total. The highest BCUT2D eigenvalue weighted by atomic mass is 35.5. The van der Waals surface area contributed by atoms with Crippen LogP contribution in [-0.2, 0) is 29.7 Å². The zero-order valence-corrected chi connectivity index (χ0v) is 13.2. The molecule has 2 rings (SSSR count). The van der Waals surface area contributed by atoms with E-state index in [1.165, 1.54) is 4.68 Å². The SMILES string of the molecule is Cc1nn(CC(=O)OCc2c(Cl)c(C)nn2C)c(C)c1N. The van der Waals surface area contributed by atoms with Crippen molar-refractivity contribution in [2.24, 2.45) is 7.05 Å². The Labute approximate surface area is 127 Å². The first kappa shape index (κ1) is 15.4. The van der Waals surface area contributed by atoms with Crippen molar-refractivity contribution in [3.8, 4) is 0 Å². The number of halogens is 1. The molecule has 0 atom stereocenters. The minimum Gasteiger partial charge on any atom is -0.458 e. The van der Waals surface area contributed by atoms with Crippen molar-refractivity contribution >= 4 is 23.3 Å². The van der Waals surface area contributed by atoms with Gasteiger partial charge in [0.2, 0.25) is 0 Å². The summed E-state index contributed by atoms with van der Waals surface area (Å²) in [4.78, 5) is 11.9. The van der Waals surface area contributed by atoms with Gasteiger partial charge in [0, 0.05) is 7.05 Å². The third kappa shape index (κ3) is 3.02. The molecule has 0 aliphatic rings. The Kier molecular flexibility index (Phi) is 4.22. The summed E-state index contributed by atoms with van der Waals surface area (Å²) in [7, 11) is 1.75. The van der Waals surface area contributed by atoms with Crippen molar-refractivity contribution in [1.82, 2.24) is 19.6 Å². The Hall–Kier alpha value is -2.02. The van der Waals surface area contributed by atoms with Crippen LogP contribution in [0.4, 0.5) is 5.69 Å². The number of rotatable bonds is 4. The largest absolute Gasteiger partial charge is 0.458 e. The summed E-state index contributed by atoms with van der Waals surface area (Å²) in [6, 6.07) is 0. The lowest BCUT2D eigenvalue weighted by atomic mass is 10.3. The number of nitrogen functional groups attached to an aromatic ring is 1. The van der Waals surface area contributed by atoms with E-state index in [9.17, 15) is 4.79 Å². The van der Waals surface area contributed by atoms with Crippen LogP contribution in [0.2, 0.25) is 5.02 Å². The molecule has 0 bridgehead atoms. The number of nitrogens with zero attached hydrogens (tertiary/aromatic N) is 4. The summed E-state index contributed by atoms with van der Waals surface area (Å²) in [6.45, 7) is 5.49. The molecule has 2 heterocycles. The number of anilines is 1. The van der Waals surface area contributed by atoms with Crippen LogP contribution in [0.15, 0.2) is 0 Å². The van der Waals surface area contributed by atoms with Gasteiger partial charge < -0.3 is 10.5 Å². The van der Waals surface area contributed by atoms with Crippen molar-refractivity contribution < 1.29 is 9.53 Å². The molecule has 8 heteroatoms. The molecule has 0 fully saturated rings. The second-order valence-corrected chi connectivity index (χ2v) is 5.25. The fourth-order valence-electron chi connectivity index (χ4n) is 2.02. The molecule has 2 aromatic rings. The van der Waals surface area contributed by atoms with Crippen LogP contribution in [0.25, 0.3) is 0 Å². The maximum atomic E-state index is 11.9. The van der Waals surface area contributed by atoms with E-state index in [4.69, 9.17) is 22.1 Å². The predicted molar refractivity (Wildman–Crippen MR) is 78.9 cm³/mol. The molecule has 0 aromatic carbocycles. The lowest BCUT2D eigenvalue weighted by molar-refractivity contribution is -0.146. The average molecular weight is 312 g/mol. The quantitative estimate of drug-likeness (QED) is 0.865. The lowest BCUT2D eigenvalue weighted by Gasteiger charge is -2.07. The second kappa shape index (κ2) is 5.77. The van der Waals surface area contributed by atoms with E-state index < -0.39 is 5.97 Å². The summed E-state index contributed by atoms with van der Waals surface area (Å²) in [5.74, 6) is -0.407. The highest BCUT2D eigenvalue weighted by Crippen LogP contribution is 2.20. The van der Waals surface area contributed by atoms with Crippen molar-refractivity contribution in [2.45, 2.75) is 33.9 Å². The molecule has 0 amide bonds. The fraction of sp³-hybridized carbons (Fsp3) is 0.462. The number of hydrogen-bond donors (Lipinski definition) is 1. The van der Waals surface area contributed by atoms with E-state index in [0.717, 1.165) is 5.69 Å². The van der Waals surface area contributed by atoms with Crippen LogP contribution in [-0.4, -0.2) is 25.5 Å². The monoisotopic (exact) mass is 311 g/mol. The third-order valence-corrected chi connectivity index (χ3v) is 3.84. The number of aryl methyl sites for hydroxylation is 3. The average Bonchev–Trinajstić information content (AvgIpc) is 2.80.